The van der Waals surface area contributed by atoms with Crippen LogP contribution < -0.4 is 15.1 Å². The molecule has 0 aliphatic carbocycles. The molecule has 2 heterocycles. The van der Waals surface area contributed by atoms with E-state index < -0.39 is 0 Å². The zero-order valence-electron chi connectivity index (χ0n) is 26.4. The van der Waals surface area contributed by atoms with Crippen LogP contribution in [0.15, 0.2) is 91.0 Å². The number of amides is 4. The van der Waals surface area contributed by atoms with Gasteiger partial charge in [0, 0.05) is 50.3 Å². The lowest BCUT2D eigenvalue weighted by Gasteiger charge is -2.34. The van der Waals surface area contributed by atoms with Gasteiger partial charge in [-0.25, -0.2) is 0 Å². The normalized spacial score (nSPS) is 15.2. The number of carbonyl (C=O) groups excluding carboxylic acids is 4. The lowest BCUT2D eigenvalue weighted by Crippen LogP contribution is -2.50. The molecule has 2 aliphatic heterocycles. The summed E-state index contributed by atoms with van der Waals surface area (Å²) in [6.07, 6.45) is 0.0542. The standard InChI is InChI=1S/C37H36ClN5O4/c1-25-9-3-4-10-27(25)28-11-5-6-12-29(28)36(46)39-31-16-15-26(23-30(31)38)37(47)42-18-17-34(44)43(33-14-8-7-13-32(33)42)24-35(45)41-21-19-40(2)20-22-41/h3-16,23H,17-22,24H2,1-2H3,(H,39,46). The van der Waals surface area contributed by atoms with E-state index in [2.05, 4.69) is 10.2 Å². The number of para-hydroxylation sites is 2. The fourth-order valence-corrected chi connectivity index (χ4v) is 6.31. The number of halogens is 1. The van der Waals surface area contributed by atoms with Crippen molar-refractivity contribution in [1.29, 1.82) is 0 Å². The Morgan fingerprint density at radius 1 is 0.787 bits per heavy atom. The number of hydrogen-bond donors (Lipinski definition) is 1. The predicted octanol–water partition coefficient (Wildman–Crippen LogP) is 5.73. The van der Waals surface area contributed by atoms with Crippen LogP contribution in [0.25, 0.3) is 11.1 Å². The van der Waals surface area contributed by atoms with Crippen molar-refractivity contribution < 1.29 is 19.2 Å². The van der Waals surface area contributed by atoms with E-state index in [-0.39, 0.29) is 48.2 Å². The second kappa shape index (κ2) is 13.8. The first kappa shape index (κ1) is 32.0. The van der Waals surface area contributed by atoms with E-state index in [4.69, 9.17) is 11.6 Å². The van der Waals surface area contributed by atoms with E-state index in [0.29, 0.717) is 41.3 Å². The number of benzene rings is 4. The van der Waals surface area contributed by atoms with E-state index >= 15 is 0 Å². The van der Waals surface area contributed by atoms with Crippen LogP contribution in [0.2, 0.25) is 5.02 Å². The van der Waals surface area contributed by atoms with Crippen molar-refractivity contribution in [2.45, 2.75) is 13.3 Å². The summed E-state index contributed by atoms with van der Waals surface area (Å²) in [4.78, 5) is 60.9. The molecule has 0 atom stereocenters. The van der Waals surface area contributed by atoms with Crippen molar-refractivity contribution in [3.05, 3.63) is 113 Å². The second-order valence-electron chi connectivity index (χ2n) is 11.9. The molecule has 0 bridgehead atoms. The Labute approximate surface area is 279 Å². The monoisotopic (exact) mass is 649 g/mol. The van der Waals surface area contributed by atoms with Gasteiger partial charge in [-0.2, -0.15) is 0 Å². The largest absolute Gasteiger partial charge is 0.339 e. The summed E-state index contributed by atoms with van der Waals surface area (Å²) in [6, 6.07) is 27.1. The Bertz CT molecular complexity index is 1850. The number of fused-ring (bicyclic) bond motifs is 1. The fourth-order valence-electron chi connectivity index (χ4n) is 6.08. The molecule has 0 saturated carbocycles. The first-order valence-corrected chi connectivity index (χ1v) is 16.0. The van der Waals surface area contributed by atoms with Gasteiger partial charge in [0.1, 0.15) is 6.54 Å². The average Bonchev–Trinajstić information content (AvgIpc) is 3.21. The van der Waals surface area contributed by atoms with Crippen molar-refractivity contribution in [2.75, 3.05) is 61.4 Å². The summed E-state index contributed by atoms with van der Waals surface area (Å²) in [5, 5.41) is 3.11. The molecular weight excluding hydrogens is 614 g/mol. The number of hydrogen-bond acceptors (Lipinski definition) is 5. The molecule has 0 spiro atoms. The Hall–Kier alpha value is -4.99. The van der Waals surface area contributed by atoms with Gasteiger partial charge < -0.3 is 24.9 Å². The lowest BCUT2D eigenvalue weighted by atomic mass is 9.95. The highest BCUT2D eigenvalue weighted by Gasteiger charge is 2.32. The van der Waals surface area contributed by atoms with Crippen LogP contribution in [0.5, 0.6) is 0 Å². The Morgan fingerprint density at radius 2 is 1.45 bits per heavy atom. The maximum Gasteiger partial charge on any atom is 0.258 e. The van der Waals surface area contributed by atoms with Gasteiger partial charge in [-0.1, -0.05) is 66.2 Å². The number of carbonyl (C=O) groups is 4. The third-order valence-electron chi connectivity index (χ3n) is 8.78. The van der Waals surface area contributed by atoms with Crippen LogP contribution in [-0.2, 0) is 9.59 Å². The molecule has 0 unspecified atom stereocenters. The van der Waals surface area contributed by atoms with Gasteiger partial charge in [0.25, 0.3) is 11.8 Å². The zero-order valence-corrected chi connectivity index (χ0v) is 27.2. The highest BCUT2D eigenvalue weighted by atomic mass is 35.5. The average molecular weight is 650 g/mol. The van der Waals surface area contributed by atoms with Crippen molar-refractivity contribution in [2.24, 2.45) is 0 Å². The Morgan fingerprint density at radius 3 is 2.17 bits per heavy atom. The smallest absolute Gasteiger partial charge is 0.258 e. The highest BCUT2D eigenvalue weighted by Crippen LogP contribution is 2.35. The van der Waals surface area contributed by atoms with Gasteiger partial charge >= 0.3 is 0 Å². The Balaban J connectivity index is 1.21. The van der Waals surface area contributed by atoms with Crippen molar-refractivity contribution in [3.8, 4) is 11.1 Å². The van der Waals surface area contributed by atoms with Gasteiger partial charge in [-0.3, -0.25) is 19.2 Å². The van der Waals surface area contributed by atoms with Crippen LogP contribution in [0.4, 0.5) is 17.1 Å². The molecule has 240 valence electrons. The molecule has 1 fully saturated rings. The second-order valence-corrected chi connectivity index (χ2v) is 12.3. The van der Waals surface area contributed by atoms with E-state index in [0.717, 1.165) is 29.8 Å². The molecule has 4 aromatic carbocycles. The molecule has 0 radical (unpaired) electrons. The molecule has 1 N–H and O–H groups in total. The van der Waals surface area contributed by atoms with Crippen molar-refractivity contribution in [1.82, 2.24) is 9.80 Å². The molecule has 1 saturated heterocycles. The number of nitrogens with zero attached hydrogens (tertiary/aromatic N) is 4. The molecule has 2 aliphatic rings. The fraction of sp³-hybridized carbons (Fsp3) is 0.243. The van der Waals surface area contributed by atoms with Crippen LogP contribution in [0, 0.1) is 6.92 Å². The maximum atomic E-state index is 13.9. The topological polar surface area (TPSA) is 93.3 Å². The molecule has 6 rings (SSSR count). The summed E-state index contributed by atoms with van der Waals surface area (Å²) >= 11 is 6.65. The molecular formula is C37H36ClN5O4. The van der Waals surface area contributed by atoms with Crippen molar-refractivity contribution in [3.63, 3.8) is 0 Å². The highest BCUT2D eigenvalue weighted by molar-refractivity contribution is 6.34. The molecule has 4 aromatic rings. The van der Waals surface area contributed by atoms with Gasteiger partial charge in [0.2, 0.25) is 11.8 Å². The summed E-state index contributed by atoms with van der Waals surface area (Å²) in [5.74, 6) is -1.01. The molecule has 4 amide bonds. The number of rotatable bonds is 6. The molecule has 10 heteroatoms. The number of nitrogens with one attached hydrogen (secondary N) is 1. The van der Waals surface area contributed by atoms with Crippen LogP contribution in [0.1, 0.15) is 32.7 Å². The lowest BCUT2D eigenvalue weighted by molar-refractivity contribution is -0.132. The number of piperazine rings is 1. The minimum absolute atomic E-state index is 0.0542. The summed E-state index contributed by atoms with van der Waals surface area (Å²) in [7, 11) is 2.02. The summed E-state index contributed by atoms with van der Waals surface area (Å²) < 4.78 is 0. The van der Waals surface area contributed by atoms with E-state index in [1.807, 2.05) is 56.4 Å². The van der Waals surface area contributed by atoms with Gasteiger partial charge in [0.15, 0.2) is 0 Å². The molecule has 47 heavy (non-hydrogen) atoms. The molecule has 9 nitrogen and oxygen atoms in total. The minimum atomic E-state index is -0.345. The van der Waals surface area contributed by atoms with Crippen LogP contribution in [-0.4, -0.2) is 79.7 Å². The third-order valence-corrected chi connectivity index (χ3v) is 9.09. The summed E-state index contributed by atoms with van der Waals surface area (Å²) in [6.45, 7) is 4.84. The SMILES string of the molecule is Cc1ccccc1-c1ccccc1C(=O)Nc1ccc(C(=O)N2CCC(=O)N(CC(=O)N3CCN(C)CC3)c3ccccc32)cc1Cl. The minimum Gasteiger partial charge on any atom is -0.339 e. The van der Waals surface area contributed by atoms with Gasteiger partial charge in [0.05, 0.1) is 22.1 Å². The first-order chi connectivity index (χ1) is 22.7. The van der Waals surface area contributed by atoms with Crippen molar-refractivity contribution >= 4 is 52.3 Å². The molecule has 0 aromatic heterocycles. The van der Waals surface area contributed by atoms with E-state index in [1.165, 1.54) is 11.0 Å². The van der Waals surface area contributed by atoms with E-state index in [1.54, 1.807) is 52.3 Å². The zero-order chi connectivity index (χ0) is 33.1. The number of anilines is 3. The van der Waals surface area contributed by atoms with Crippen LogP contribution >= 0.6 is 11.6 Å². The number of likely N-dealkylation sites (N-methyl/N-ethyl adjacent to an activating group) is 1. The van der Waals surface area contributed by atoms with Gasteiger partial charge in [-0.05, 0) is 67.1 Å². The van der Waals surface area contributed by atoms with Crippen LogP contribution in [0.3, 0.4) is 0 Å². The quantitative estimate of drug-likeness (QED) is 0.288. The first-order valence-electron chi connectivity index (χ1n) is 15.6. The van der Waals surface area contributed by atoms with Gasteiger partial charge in [-0.15, -0.1) is 0 Å². The third kappa shape index (κ3) is 6.77. The predicted molar refractivity (Wildman–Crippen MR) is 185 cm³/mol. The number of aryl methyl sites for hydroxylation is 1. The Kier molecular flexibility index (Phi) is 9.38. The van der Waals surface area contributed by atoms with E-state index in [9.17, 15) is 19.2 Å². The summed E-state index contributed by atoms with van der Waals surface area (Å²) in [5.41, 5.74) is 5.03. The maximum absolute atomic E-state index is 13.9.